The Bertz CT molecular complexity index is 1020. The summed E-state index contributed by atoms with van der Waals surface area (Å²) in [6.07, 6.45) is 0.186. The van der Waals surface area contributed by atoms with Gasteiger partial charge in [-0.1, -0.05) is 29.8 Å². The van der Waals surface area contributed by atoms with Gasteiger partial charge < -0.3 is 10.1 Å². The molecule has 0 spiro atoms. The Balaban J connectivity index is 1.75. The fraction of sp³-hybridized carbons (Fsp3) is 0.238. The lowest BCUT2D eigenvalue weighted by atomic mass is 10.1. The van der Waals surface area contributed by atoms with Gasteiger partial charge in [0, 0.05) is 22.8 Å². The van der Waals surface area contributed by atoms with Crippen LogP contribution < -0.4 is 10.1 Å². The van der Waals surface area contributed by atoms with Crippen LogP contribution in [0.2, 0.25) is 5.02 Å². The molecule has 0 fully saturated rings. The van der Waals surface area contributed by atoms with Crippen LogP contribution in [0.5, 0.6) is 5.75 Å². The maximum atomic E-state index is 13.1. The van der Waals surface area contributed by atoms with Crippen molar-refractivity contribution >= 4 is 17.5 Å². The molecule has 0 saturated heterocycles. The molecule has 1 heterocycles. The van der Waals surface area contributed by atoms with Crippen molar-refractivity contribution in [2.75, 3.05) is 7.11 Å². The van der Waals surface area contributed by atoms with Crippen LogP contribution in [0, 0.1) is 19.7 Å². The van der Waals surface area contributed by atoms with Gasteiger partial charge in [-0.3, -0.25) is 4.79 Å². The van der Waals surface area contributed by atoms with Crippen LogP contribution in [0.4, 0.5) is 4.39 Å². The molecule has 28 heavy (non-hydrogen) atoms. The topological polar surface area (TPSA) is 56.2 Å². The second-order valence-corrected chi connectivity index (χ2v) is 6.83. The fourth-order valence-electron chi connectivity index (χ4n) is 3.05. The largest absolute Gasteiger partial charge is 0.494 e. The minimum absolute atomic E-state index is 0.161. The van der Waals surface area contributed by atoms with Crippen molar-refractivity contribution in [3.63, 3.8) is 0 Å². The summed E-state index contributed by atoms with van der Waals surface area (Å²) >= 11 is 6.01. The molecule has 0 aliphatic heterocycles. The molecule has 2 aromatic carbocycles. The quantitative estimate of drug-likeness (QED) is 0.675. The molecule has 0 atom stereocenters. The van der Waals surface area contributed by atoms with Crippen molar-refractivity contribution < 1.29 is 13.9 Å². The number of aryl methyl sites for hydroxylation is 1. The molecule has 0 unspecified atom stereocenters. The van der Waals surface area contributed by atoms with E-state index in [9.17, 15) is 9.18 Å². The van der Waals surface area contributed by atoms with Gasteiger partial charge in [-0.25, -0.2) is 9.07 Å². The van der Waals surface area contributed by atoms with E-state index in [-0.39, 0.29) is 23.9 Å². The highest BCUT2D eigenvalue weighted by molar-refractivity contribution is 6.31. The summed E-state index contributed by atoms with van der Waals surface area (Å²) in [5.74, 6) is 0.135. The van der Waals surface area contributed by atoms with Crippen LogP contribution in [0.1, 0.15) is 22.5 Å². The molecule has 146 valence electrons. The summed E-state index contributed by atoms with van der Waals surface area (Å²) < 4.78 is 20.3. The molecule has 0 bridgehead atoms. The number of halogens is 2. The molecule has 1 amide bonds. The van der Waals surface area contributed by atoms with Gasteiger partial charge in [-0.05, 0) is 43.7 Å². The molecule has 0 radical (unpaired) electrons. The first-order valence-electron chi connectivity index (χ1n) is 8.79. The second-order valence-electron chi connectivity index (χ2n) is 6.42. The Morgan fingerprint density at radius 1 is 1.25 bits per heavy atom. The highest BCUT2D eigenvalue weighted by atomic mass is 35.5. The number of nitrogens with zero attached hydrogens (tertiary/aromatic N) is 2. The first kappa shape index (κ1) is 19.9. The van der Waals surface area contributed by atoms with E-state index in [0.717, 1.165) is 22.6 Å². The van der Waals surface area contributed by atoms with Crippen molar-refractivity contribution in [3.8, 4) is 11.4 Å². The predicted molar refractivity (Wildman–Crippen MR) is 107 cm³/mol. The molecule has 0 saturated carbocycles. The van der Waals surface area contributed by atoms with Crippen LogP contribution in [-0.2, 0) is 17.8 Å². The highest BCUT2D eigenvalue weighted by Gasteiger charge is 2.18. The molecular weight excluding hydrogens is 381 g/mol. The average Bonchev–Trinajstić information content (AvgIpc) is 2.95. The zero-order chi connectivity index (χ0) is 20.3. The monoisotopic (exact) mass is 401 g/mol. The second kappa shape index (κ2) is 8.44. The fourth-order valence-corrected chi connectivity index (χ4v) is 3.29. The van der Waals surface area contributed by atoms with Crippen LogP contribution in [0.25, 0.3) is 5.69 Å². The van der Waals surface area contributed by atoms with Gasteiger partial charge >= 0.3 is 0 Å². The lowest BCUT2D eigenvalue weighted by Crippen LogP contribution is -2.25. The maximum absolute atomic E-state index is 13.1. The van der Waals surface area contributed by atoms with Gasteiger partial charge in [0.25, 0.3) is 0 Å². The van der Waals surface area contributed by atoms with Gasteiger partial charge in [-0.15, -0.1) is 0 Å². The van der Waals surface area contributed by atoms with Crippen LogP contribution in [-0.4, -0.2) is 22.8 Å². The Hall–Kier alpha value is -2.86. The number of rotatable bonds is 6. The lowest BCUT2D eigenvalue weighted by molar-refractivity contribution is -0.120. The van der Waals surface area contributed by atoms with Gasteiger partial charge in [0.05, 0.1) is 19.2 Å². The Morgan fingerprint density at radius 3 is 2.71 bits per heavy atom. The summed E-state index contributed by atoms with van der Waals surface area (Å²) in [6.45, 7) is 4.03. The van der Waals surface area contributed by atoms with Gasteiger partial charge in [0.15, 0.2) is 0 Å². The minimum Gasteiger partial charge on any atom is -0.494 e. The van der Waals surface area contributed by atoms with Crippen LogP contribution >= 0.6 is 11.6 Å². The SMILES string of the molecule is COc1ccccc1-n1nc(C)c(CC(=O)NCc2ccc(F)cc2Cl)c1C. The number of carbonyl (C=O) groups excluding carboxylic acids is 1. The van der Waals surface area contributed by atoms with Crippen molar-refractivity contribution in [1.82, 2.24) is 15.1 Å². The lowest BCUT2D eigenvalue weighted by Gasteiger charge is -2.10. The van der Waals surface area contributed by atoms with Crippen LogP contribution in [0.15, 0.2) is 42.5 Å². The zero-order valence-electron chi connectivity index (χ0n) is 15.9. The molecule has 1 aromatic heterocycles. The van der Waals surface area contributed by atoms with Crippen molar-refractivity contribution in [2.24, 2.45) is 0 Å². The first-order chi connectivity index (χ1) is 13.4. The number of ether oxygens (including phenoxy) is 1. The summed E-state index contributed by atoms with van der Waals surface area (Å²) in [4.78, 5) is 12.4. The number of amides is 1. The Kier molecular flexibility index (Phi) is 5.99. The standard InChI is InChI=1S/C21H21ClFN3O2/c1-13-17(11-21(27)24-12-15-8-9-16(23)10-18(15)22)14(2)26(25-13)19-6-4-5-7-20(19)28-3/h4-10H,11-12H2,1-3H3,(H,24,27). The Morgan fingerprint density at radius 2 is 2.00 bits per heavy atom. The minimum atomic E-state index is -0.407. The summed E-state index contributed by atoms with van der Waals surface area (Å²) in [6, 6.07) is 11.7. The van der Waals surface area contributed by atoms with Crippen molar-refractivity contribution in [2.45, 2.75) is 26.8 Å². The van der Waals surface area contributed by atoms with E-state index in [2.05, 4.69) is 10.4 Å². The molecule has 7 heteroatoms. The third kappa shape index (κ3) is 4.17. The van der Waals surface area contributed by atoms with Crippen molar-refractivity contribution in [1.29, 1.82) is 0 Å². The molecule has 5 nitrogen and oxygen atoms in total. The van der Waals surface area contributed by atoms with Gasteiger partial charge in [0.2, 0.25) is 5.91 Å². The molecule has 0 aliphatic carbocycles. The van der Waals surface area contributed by atoms with E-state index in [4.69, 9.17) is 16.3 Å². The maximum Gasteiger partial charge on any atom is 0.224 e. The highest BCUT2D eigenvalue weighted by Crippen LogP contribution is 2.25. The number of nitrogens with one attached hydrogen (secondary N) is 1. The van der Waals surface area contributed by atoms with E-state index < -0.39 is 5.82 Å². The van der Waals surface area contributed by atoms with Crippen LogP contribution in [0.3, 0.4) is 0 Å². The number of carbonyl (C=O) groups is 1. The molecular formula is C21H21ClFN3O2. The van der Waals surface area contributed by atoms with Crippen molar-refractivity contribution in [3.05, 3.63) is 75.8 Å². The number of para-hydroxylation sites is 2. The predicted octanol–water partition coefficient (Wildman–Crippen LogP) is 4.15. The smallest absolute Gasteiger partial charge is 0.224 e. The van der Waals surface area contributed by atoms with Gasteiger partial charge in [0.1, 0.15) is 17.3 Å². The molecule has 0 aliphatic rings. The summed E-state index contributed by atoms with van der Waals surface area (Å²) in [5.41, 5.74) is 3.98. The van der Waals surface area contributed by atoms with E-state index in [1.165, 1.54) is 12.1 Å². The third-order valence-corrected chi connectivity index (χ3v) is 4.93. The number of hydrogen-bond acceptors (Lipinski definition) is 3. The summed E-state index contributed by atoms with van der Waals surface area (Å²) in [5, 5.41) is 7.69. The summed E-state index contributed by atoms with van der Waals surface area (Å²) in [7, 11) is 1.61. The number of aromatic nitrogens is 2. The normalized spacial score (nSPS) is 10.8. The number of methoxy groups -OCH3 is 1. The Labute approximate surface area is 168 Å². The molecule has 1 N–H and O–H groups in total. The average molecular weight is 402 g/mol. The zero-order valence-corrected chi connectivity index (χ0v) is 16.7. The van der Waals surface area contributed by atoms with E-state index in [1.807, 2.05) is 38.1 Å². The third-order valence-electron chi connectivity index (χ3n) is 4.58. The van der Waals surface area contributed by atoms with E-state index in [1.54, 1.807) is 17.9 Å². The molecule has 3 aromatic rings. The van der Waals surface area contributed by atoms with E-state index in [0.29, 0.717) is 11.3 Å². The number of benzene rings is 2. The first-order valence-corrected chi connectivity index (χ1v) is 9.17. The molecule has 3 rings (SSSR count). The van der Waals surface area contributed by atoms with Gasteiger partial charge in [-0.2, -0.15) is 5.10 Å². The van der Waals surface area contributed by atoms with E-state index >= 15 is 0 Å². The number of hydrogen-bond donors (Lipinski definition) is 1.